The summed E-state index contributed by atoms with van der Waals surface area (Å²) in [6.07, 6.45) is 0.990. The molecular formula is C29H48O8Si2. The second kappa shape index (κ2) is 16.5. The third kappa shape index (κ3) is 9.68. The molecule has 39 heavy (non-hydrogen) atoms. The number of rotatable bonds is 19. The molecule has 0 radical (unpaired) electrons. The van der Waals surface area contributed by atoms with E-state index in [2.05, 4.69) is 45.0 Å². The molecule has 8 nitrogen and oxygen atoms in total. The Bertz CT molecular complexity index is 841. The van der Waals surface area contributed by atoms with Gasteiger partial charge in [-0.15, -0.1) is 0 Å². The van der Waals surface area contributed by atoms with Crippen molar-refractivity contribution in [2.45, 2.75) is 45.2 Å². The summed E-state index contributed by atoms with van der Waals surface area (Å²) in [5, 5.41) is 0. The summed E-state index contributed by atoms with van der Waals surface area (Å²) in [7, 11) is 4.58. The summed E-state index contributed by atoms with van der Waals surface area (Å²) in [5.74, 6) is 2.45. The van der Waals surface area contributed by atoms with Gasteiger partial charge in [0.05, 0.1) is 13.2 Å². The Hall–Kier alpha value is -1.77. The second-order valence-corrected chi connectivity index (χ2v) is 15.9. The maximum atomic E-state index is 6.05. The standard InChI is InChI=1S/C29H48O8Si2/c1-10-29(25-11-15-27(16-12-25)36-19-23(2)21-38(30-4,31-5)32-6)26-13-17-28(18-14-26)37-20-24(3)22-39(33-7,34-8)35-9/h11-18,23-24,29H,10,19-22H2,1-9H3. The highest BCUT2D eigenvalue weighted by atomic mass is 28.4. The van der Waals surface area contributed by atoms with E-state index in [1.165, 1.54) is 11.1 Å². The molecule has 0 amide bonds. The molecule has 0 saturated carbocycles. The second-order valence-electron chi connectivity index (χ2n) is 9.93. The van der Waals surface area contributed by atoms with E-state index in [0.717, 1.165) is 17.9 Å². The molecule has 0 spiro atoms. The van der Waals surface area contributed by atoms with Gasteiger partial charge in [-0.25, -0.2) is 0 Å². The minimum atomic E-state index is -2.62. The molecule has 0 aliphatic carbocycles. The van der Waals surface area contributed by atoms with Gasteiger partial charge in [0.25, 0.3) is 0 Å². The van der Waals surface area contributed by atoms with Crippen LogP contribution >= 0.6 is 0 Å². The Kier molecular flexibility index (Phi) is 14.1. The molecule has 220 valence electrons. The first-order valence-corrected chi connectivity index (χ1v) is 17.4. The summed E-state index contributed by atoms with van der Waals surface area (Å²) < 4.78 is 45.3. The zero-order valence-corrected chi connectivity index (χ0v) is 27.2. The molecule has 2 atom stereocenters. The highest BCUT2D eigenvalue weighted by molar-refractivity contribution is 6.61. The molecule has 0 saturated heterocycles. The highest BCUT2D eigenvalue weighted by Gasteiger charge is 2.40. The van der Waals surface area contributed by atoms with E-state index in [1.807, 2.05) is 24.3 Å². The van der Waals surface area contributed by atoms with Gasteiger partial charge in [-0.3, -0.25) is 0 Å². The largest absolute Gasteiger partial charge is 0.500 e. The van der Waals surface area contributed by atoms with Crippen LogP contribution in [0.3, 0.4) is 0 Å². The monoisotopic (exact) mass is 580 g/mol. The number of ether oxygens (including phenoxy) is 2. The molecule has 10 heteroatoms. The van der Waals surface area contributed by atoms with Crippen molar-refractivity contribution in [3.63, 3.8) is 0 Å². The molecule has 0 heterocycles. The SMILES string of the molecule is CCC(c1ccc(OCC(C)C[Si](OC)(OC)OC)cc1)c1ccc(OCC(C)C[Si](OC)(OC)OC)cc1. The Labute approximate surface area is 237 Å². The van der Waals surface area contributed by atoms with Crippen LogP contribution in [0.5, 0.6) is 11.5 Å². The number of hydrogen-bond acceptors (Lipinski definition) is 8. The first-order chi connectivity index (χ1) is 18.7. The van der Waals surface area contributed by atoms with Crippen LogP contribution in [0.1, 0.15) is 44.2 Å². The maximum Gasteiger partial charge on any atom is 0.500 e. The van der Waals surface area contributed by atoms with Crippen LogP contribution in [0.25, 0.3) is 0 Å². The van der Waals surface area contributed by atoms with E-state index in [4.69, 9.17) is 36.0 Å². The van der Waals surface area contributed by atoms with Gasteiger partial charge < -0.3 is 36.0 Å². The minimum Gasteiger partial charge on any atom is -0.493 e. The lowest BCUT2D eigenvalue weighted by Gasteiger charge is -2.27. The molecule has 2 aromatic rings. The topological polar surface area (TPSA) is 73.8 Å². The van der Waals surface area contributed by atoms with Crippen LogP contribution in [0.2, 0.25) is 12.1 Å². The van der Waals surface area contributed by atoms with E-state index in [9.17, 15) is 0 Å². The van der Waals surface area contributed by atoms with E-state index < -0.39 is 17.6 Å². The van der Waals surface area contributed by atoms with Crippen molar-refractivity contribution >= 4 is 17.6 Å². The quantitative estimate of drug-likeness (QED) is 0.187. The highest BCUT2D eigenvalue weighted by Crippen LogP contribution is 2.31. The molecule has 2 rings (SSSR count). The van der Waals surface area contributed by atoms with Crippen LogP contribution in [-0.2, 0) is 26.6 Å². The van der Waals surface area contributed by atoms with Gasteiger partial charge in [0.2, 0.25) is 0 Å². The van der Waals surface area contributed by atoms with Crippen LogP contribution < -0.4 is 9.47 Å². The molecule has 0 fully saturated rings. The van der Waals surface area contributed by atoms with Gasteiger partial charge >= 0.3 is 17.6 Å². The third-order valence-electron chi connectivity index (χ3n) is 7.11. The van der Waals surface area contributed by atoms with E-state index >= 15 is 0 Å². The molecular weight excluding hydrogens is 532 g/mol. The maximum absolute atomic E-state index is 6.05. The fourth-order valence-electron chi connectivity index (χ4n) is 4.70. The zero-order chi connectivity index (χ0) is 28.9. The molecule has 0 N–H and O–H groups in total. The molecule has 0 bridgehead atoms. The smallest absolute Gasteiger partial charge is 0.493 e. The van der Waals surface area contributed by atoms with Crippen molar-refractivity contribution in [3.05, 3.63) is 59.7 Å². The summed E-state index contributed by atoms with van der Waals surface area (Å²) in [6.45, 7) is 7.56. The normalized spacial score (nSPS) is 14.6. The average molecular weight is 581 g/mol. The lowest BCUT2D eigenvalue weighted by atomic mass is 9.89. The Morgan fingerprint density at radius 1 is 0.538 bits per heavy atom. The summed E-state index contributed by atoms with van der Waals surface area (Å²) in [4.78, 5) is 0. The molecule has 0 aromatic heterocycles. The van der Waals surface area contributed by atoms with Crippen molar-refractivity contribution in [1.82, 2.24) is 0 Å². The lowest BCUT2D eigenvalue weighted by molar-refractivity contribution is 0.114. The predicted molar refractivity (Wildman–Crippen MR) is 158 cm³/mol. The molecule has 2 aromatic carbocycles. The fourth-order valence-corrected chi connectivity index (χ4v) is 8.65. The van der Waals surface area contributed by atoms with Crippen LogP contribution in [0.15, 0.2) is 48.5 Å². The van der Waals surface area contributed by atoms with Crippen molar-refractivity contribution in [1.29, 1.82) is 0 Å². The molecule has 2 unspecified atom stereocenters. The summed E-state index contributed by atoms with van der Waals surface area (Å²) in [6, 6.07) is 18.2. The first kappa shape index (κ1) is 33.4. The van der Waals surface area contributed by atoms with Gasteiger partial charge in [0, 0.05) is 60.7 Å². The Morgan fingerprint density at radius 2 is 0.846 bits per heavy atom. The van der Waals surface area contributed by atoms with E-state index in [0.29, 0.717) is 31.2 Å². The Balaban J connectivity index is 1.94. The van der Waals surface area contributed by atoms with Crippen LogP contribution in [-0.4, -0.2) is 73.5 Å². The molecule has 0 aliphatic rings. The van der Waals surface area contributed by atoms with Gasteiger partial charge in [-0.2, -0.15) is 0 Å². The lowest BCUT2D eigenvalue weighted by Crippen LogP contribution is -2.44. The molecule has 0 aliphatic heterocycles. The summed E-state index contributed by atoms with van der Waals surface area (Å²) in [5.41, 5.74) is 2.51. The van der Waals surface area contributed by atoms with E-state index in [-0.39, 0.29) is 11.8 Å². The summed E-state index contributed by atoms with van der Waals surface area (Å²) >= 11 is 0. The van der Waals surface area contributed by atoms with Gasteiger partial charge in [-0.05, 0) is 53.6 Å². The van der Waals surface area contributed by atoms with Gasteiger partial charge in [-0.1, -0.05) is 45.0 Å². The minimum absolute atomic E-state index is 0.229. The van der Waals surface area contributed by atoms with Crippen molar-refractivity contribution < 1.29 is 36.0 Å². The first-order valence-electron chi connectivity index (χ1n) is 13.5. The van der Waals surface area contributed by atoms with Crippen molar-refractivity contribution in [3.8, 4) is 11.5 Å². The van der Waals surface area contributed by atoms with Gasteiger partial charge in [0.15, 0.2) is 0 Å². The van der Waals surface area contributed by atoms with Crippen molar-refractivity contribution in [2.24, 2.45) is 11.8 Å². The third-order valence-corrected chi connectivity index (χ3v) is 13.2. The van der Waals surface area contributed by atoms with Crippen LogP contribution in [0, 0.1) is 11.8 Å². The zero-order valence-electron chi connectivity index (χ0n) is 25.2. The van der Waals surface area contributed by atoms with Crippen molar-refractivity contribution in [2.75, 3.05) is 55.9 Å². The van der Waals surface area contributed by atoms with Gasteiger partial charge in [0.1, 0.15) is 11.5 Å². The predicted octanol–water partition coefficient (Wildman–Crippen LogP) is 6.01. The van der Waals surface area contributed by atoms with E-state index in [1.54, 1.807) is 42.7 Å². The number of hydrogen-bond donors (Lipinski definition) is 0. The van der Waals surface area contributed by atoms with Crippen LogP contribution in [0.4, 0.5) is 0 Å². The average Bonchev–Trinajstić information content (AvgIpc) is 2.98. The fraction of sp³-hybridized carbons (Fsp3) is 0.586. The number of benzene rings is 2. The Morgan fingerprint density at radius 3 is 1.10 bits per heavy atom.